The topological polar surface area (TPSA) is 101 Å². The Morgan fingerprint density at radius 3 is 2.58 bits per heavy atom. The molecule has 0 aliphatic rings. The van der Waals surface area contributed by atoms with E-state index < -0.39 is 0 Å². The molecule has 3 N–H and O–H groups in total. The number of likely N-dealkylation sites (N-methyl/N-ethyl adjacent to an activating group) is 1. The standard InChI is InChI=1S/C11H20N6O2/c1-4-6-19-11-16-9(12-3)15-10(17-11)14-7-8(18)13-5-2/h4-7H2,1-3H3,(H,13,18)(H2,12,14,15,16,17). The molecule has 1 aromatic heterocycles. The highest BCUT2D eigenvalue weighted by Gasteiger charge is 2.07. The molecule has 0 aliphatic heterocycles. The third kappa shape index (κ3) is 5.36. The predicted molar refractivity (Wildman–Crippen MR) is 72.3 cm³/mol. The van der Waals surface area contributed by atoms with Gasteiger partial charge in [0.05, 0.1) is 13.2 Å². The number of carbonyl (C=O) groups excluding carboxylic acids is 1. The van der Waals surface area contributed by atoms with Crippen LogP contribution in [0.1, 0.15) is 20.3 Å². The Kier molecular flexibility index (Phi) is 6.34. The van der Waals surface area contributed by atoms with Gasteiger partial charge < -0.3 is 20.7 Å². The third-order valence-electron chi connectivity index (χ3n) is 2.05. The Morgan fingerprint density at radius 1 is 1.21 bits per heavy atom. The highest BCUT2D eigenvalue weighted by Crippen LogP contribution is 2.10. The van der Waals surface area contributed by atoms with Crippen LogP contribution in [0, 0.1) is 0 Å². The van der Waals surface area contributed by atoms with Crippen LogP contribution in [0.15, 0.2) is 0 Å². The zero-order valence-corrected chi connectivity index (χ0v) is 11.5. The molecule has 1 rings (SSSR count). The van der Waals surface area contributed by atoms with Crippen LogP contribution in [0.3, 0.4) is 0 Å². The number of nitrogens with one attached hydrogen (secondary N) is 3. The molecule has 0 saturated heterocycles. The molecule has 0 spiro atoms. The Bertz CT molecular complexity index is 412. The Labute approximate surface area is 112 Å². The summed E-state index contributed by atoms with van der Waals surface area (Å²) in [5, 5.41) is 8.31. The normalized spacial score (nSPS) is 9.84. The second-order valence-electron chi connectivity index (χ2n) is 3.67. The first kappa shape index (κ1) is 14.9. The van der Waals surface area contributed by atoms with Crippen molar-refractivity contribution in [2.75, 3.05) is 37.4 Å². The number of hydrogen-bond acceptors (Lipinski definition) is 7. The summed E-state index contributed by atoms with van der Waals surface area (Å²) < 4.78 is 5.35. The van der Waals surface area contributed by atoms with E-state index in [1.165, 1.54) is 0 Å². The second-order valence-corrected chi connectivity index (χ2v) is 3.67. The van der Waals surface area contributed by atoms with Crippen molar-refractivity contribution in [1.29, 1.82) is 0 Å². The molecule has 8 nitrogen and oxygen atoms in total. The van der Waals surface area contributed by atoms with Crippen LogP contribution in [0.5, 0.6) is 6.01 Å². The molecule has 8 heteroatoms. The van der Waals surface area contributed by atoms with Crippen molar-refractivity contribution < 1.29 is 9.53 Å². The number of anilines is 2. The van der Waals surface area contributed by atoms with E-state index in [4.69, 9.17) is 4.74 Å². The van der Waals surface area contributed by atoms with E-state index in [0.29, 0.717) is 25.0 Å². The number of hydrogen-bond donors (Lipinski definition) is 3. The van der Waals surface area contributed by atoms with Gasteiger partial charge in [0.1, 0.15) is 0 Å². The average molecular weight is 268 g/mol. The van der Waals surface area contributed by atoms with E-state index >= 15 is 0 Å². The van der Waals surface area contributed by atoms with Crippen LogP contribution in [0.4, 0.5) is 11.9 Å². The van der Waals surface area contributed by atoms with Crippen molar-refractivity contribution in [1.82, 2.24) is 20.3 Å². The Balaban J connectivity index is 2.67. The molecule has 0 fully saturated rings. The minimum atomic E-state index is -0.120. The fourth-order valence-electron chi connectivity index (χ4n) is 1.22. The largest absolute Gasteiger partial charge is 0.463 e. The van der Waals surface area contributed by atoms with Crippen molar-refractivity contribution in [3.8, 4) is 6.01 Å². The van der Waals surface area contributed by atoms with Gasteiger partial charge in [0, 0.05) is 13.6 Å². The zero-order chi connectivity index (χ0) is 14.1. The van der Waals surface area contributed by atoms with Gasteiger partial charge in [-0.2, -0.15) is 15.0 Å². The summed E-state index contributed by atoms with van der Waals surface area (Å²) >= 11 is 0. The Hall–Kier alpha value is -2.12. The minimum Gasteiger partial charge on any atom is -0.463 e. The summed E-state index contributed by atoms with van der Waals surface area (Å²) in [7, 11) is 1.70. The second kappa shape index (κ2) is 8.06. The van der Waals surface area contributed by atoms with Gasteiger partial charge in [-0.3, -0.25) is 4.79 Å². The van der Waals surface area contributed by atoms with Crippen LogP contribution in [0.2, 0.25) is 0 Å². The van der Waals surface area contributed by atoms with Crippen molar-refractivity contribution in [3.63, 3.8) is 0 Å². The number of ether oxygens (including phenoxy) is 1. The highest BCUT2D eigenvalue weighted by molar-refractivity contribution is 5.80. The first-order valence-electron chi connectivity index (χ1n) is 6.26. The lowest BCUT2D eigenvalue weighted by atomic mass is 10.5. The SMILES string of the molecule is CCCOc1nc(NC)nc(NCC(=O)NCC)n1. The number of nitrogens with zero attached hydrogens (tertiary/aromatic N) is 3. The van der Waals surface area contributed by atoms with Crippen LogP contribution in [-0.2, 0) is 4.79 Å². The lowest BCUT2D eigenvalue weighted by molar-refractivity contribution is -0.119. The van der Waals surface area contributed by atoms with Gasteiger partial charge in [0.15, 0.2) is 0 Å². The van der Waals surface area contributed by atoms with Crippen LogP contribution in [-0.4, -0.2) is 47.6 Å². The summed E-state index contributed by atoms with van der Waals surface area (Å²) in [6, 6.07) is 0.236. The van der Waals surface area contributed by atoms with E-state index in [1.54, 1.807) is 7.05 Å². The molecule has 0 aromatic carbocycles. The number of rotatable bonds is 8. The molecule has 1 heterocycles. The zero-order valence-electron chi connectivity index (χ0n) is 11.5. The Morgan fingerprint density at radius 2 is 1.95 bits per heavy atom. The number of carbonyl (C=O) groups is 1. The van der Waals surface area contributed by atoms with Gasteiger partial charge in [-0.1, -0.05) is 6.92 Å². The number of amides is 1. The fraction of sp³-hybridized carbons (Fsp3) is 0.636. The van der Waals surface area contributed by atoms with Gasteiger partial charge in [-0.25, -0.2) is 0 Å². The van der Waals surface area contributed by atoms with E-state index in [2.05, 4.69) is 30.9 Å². The lowest BCUT2D eigenvalue weighted by Gasteiger charge is -2.08. The van der Waals surface area contributed by atoms with Gasteiger partial charge in [-0.15, -0.1) is 0 Å². The van der Waals surface area contributed by atoms with E-state index in [0.717, 1.165) is 6.42 Å². The lowest BCUT2D eigenvalue weighted by Crippen LogP contribution is -2.30. The fourth-order valence-corrected chi connectivity index (χ4v) is 1.22. The summed E-state index contributed by atoms with van der Waals surface area (Å²) in [6.07, 6.45) is 0.863. The summed E-state index contributed by atoms with van der Waals surface area (Å²) in [4.78, 5) is 23.6. The average Bonchev–Trinajstić information content (AvgIpc) is 2.43. The molecule has 19 heavy (non-hydrogen) atoms. The van der Waals surface area contributed by atoms with Crippen molar-refractivity contribution >= 4 is 17.8 Å². The third-order valence-corrected chi connectivity index (χ3v) is 2.05. The van der Waals surface area contributed by atoms with Crippen molar-refractivity contribution in [2.24, 2.45) is 0 Å². The van der Waals surface area contributed by atoms with E-state index in [-0.39, 0.29) is 18.5 Å². The smallest absolute Gasteiger partial charge is 0.323 e. The first-order chi connectivity index (χ1) is 9.19. The molecule has 0 saturated carbocycles. The van der Waals surface area contributed by atoms with Gasteiger partial charge in [0.2, 0.25) is 17.8 Å². The van der Waals surface area contributed by atoms with E-state index in [9.17, 15) is 4.79 Å². The molecular weight excluding hydrogens is 248 g/mol. The molecule has 106 valence electrons. The van der Waals surface area contributed by atoms with Crippen molar-refractivity contribution in [3.05, 3.63) is 0 Å². The number of aromatic nitrogens is 3. The molecular formula is C11H20N6O2. The van der Waals surface area contributed by atoms with Crippen molar-refractivity contribution in [2.45, 2.75) is 20.3 Å². The molecule has 1 amide bonds. The van der Waals surface area contributed by atoms with Gasteiger partial charge in [0.25, 0.3) is 0 Å². The predicted octanol–water partition coefficient (Wildman–Crippen LogP) is 0.250. The molecule has 0 atom stereocenters. The summed E-state index contributed by atoms with van der Waals surface area (Å²) in [5.74, 6) is 0.571. The van der Waals surface area contributed by atoms with Gasteiger partial charge in [-0.05, 0) is 13.3 Å². The molecule has 0 radical (unpaired) electrons. The summed E-state index contributed by atoms with van der Waals surface area (Å²) in [6.45, 7) is 5.08. The molecule has 0 bridgehead atoms. The van der Waals surface area contributed by atoms with Crippen LogP contribution < -0.4 is 20.7 Å². The molecule has 0 aliphatic carbocycles. The quantitative estimate of drug-likeness (QED) is 0.621. The highest BCUT2D eigenvalue weighted by atomic mass is 16.5. The summed E-state index contributed by atoms with van der Waals surface area (Å²) in [5.41, 5.74) is 0. The minimum absolute atomic E-state index is 0.105. The van der Waals surface area contributed by atoms with Gasteiger partial charge >= 0.3 is 6.01 Å². The van der Waals surface area contributed by atoms with Crippen LogP contribution in [0.25, 0.3) is 0 Å². The molecule has 1 aromatic rings. The maximum atomic E-state index is 11.3. The first-order valence-corrected chi connectivity index (χ1v) is 6.26. The van der Waals surface area contributed by atoms with E-state index in [1.807, 2.05) is 13.8 Å². The molecule has 0 unspecified atom stereocenters. The maximum absolute atomic E-state index is 11.3. The monoisotopic (exact) mass is 268 g/mol. The maximum Gasteiger partial charge on any atom is 0.323 e. The van der Waals surface area contributed by atoms with Crippen LogP contribution >= 0.6 is 0 Å².